The van der Waals surface area contributed by atoms with Gasteiger partial charge in [0.15, 0.2) is 5.78 Å². The molecule has 1 fully saturated rings. The molecule has 1 saturated heterocycles. The summed E-state index contributed by atoms with van der Waals surface area (Å²) in [6.07, 6.45) is 5.88. The molecular weight excluding hydrogens is 546 g/mol. The molecule has 2 aliphatic heterocycles. The van der Waals surface area contributed by atoms with Gasteiger partial charge in [0.1, 0.15) is 11.6 Å². The van der Waals surface area contributed by atoms with Gasteiger partial charge in [-0.15, -0.1) is 24.8 Å². The number of ketones is 1. The molecule has 3 aromatic rings. The van der Waals surface area contributed by atoms with Crippen LogP contribution in [0.2, 0.25) is 0 Å². The maximum atomic E-state index is 13.2. The molecule has 3 aromatic carbocycles. The summed E-state index contributed by atoms with van der Waals surface area (Å²) in [5, 5.41) is 0. The maximum Gasteiger partial charge on any atom is 0.162 e. The lowest BCUT2D eigenvalue weighted by molar-refractivity contribution is 0.0961. The van der Waals surface area contributed by atoms with Gasteiger partial charge in [-0.2, -0.15) is 0 Å². The molecule has 4 nitrogen and oxygen atoms in total. The zero-order valence-corrected chi connectivity index (χ0v) is 25.0. The van der Waals surface area contributed by atoms with Gasteiger partial charge in [-0.1, -0.05) is 36.4 Å². The quantitative estimate of drug-likeness (QED) is 0.249. The number of nitrogens with zero attached hydrogens (tertiary/aromatic N) is 2. The van der Waals surface area contributed by atoms with Gasteiger partial charge in [0.05, 0.1) is 7.11 Å². The molecule has 0 aromatic heterocycles. The smallest absolute Gasteiger partial charge is 0.162 e. The Morgan fingerprint density at radius 1 is 0.800 bits per heavy atom. The van der Waals surface area contributed by atoms with Crippen molar-refractivity contribution >= 4 is 30.6 Å². The van der Waals surface area contributed by atoms with E-state index in [1.165, 1.54) is 28.8 Å². The van der Waals surface area contributed by atoms with Crippen LogP contribution in [-0.4, -0.2) is 48.9 Å². The minimum Gasteiger partial charge on any atom is -0.497 e. The van der Waals surface area contributed by atoms with Crippen LogP contribution < -0.4 is 4.74 Å². The number of hydrogen-bond donors (Lipinski definition) is 0. The number of Topliss-reactive ketones (excluding diaryl/α,β-unsaturated/α-hetero) is 1. The number of carbonyl (C=O) groups is 1. The molecule has 0 N–H and O–H groups in total. The van der Waals surface area contributed by atoms with E-state index in [1.54, 1.807) is 7.11 Å². The molecular formula is C33H41Cl2FN2O2. The van der Waals surface area contributed by atoms with Gasteiger partial charge >= 0.3 is 0 Å². The van der Waals surface area contributed by atoms with Gasteiger partial charge in [-0.05, 0) is 104 Å². The second kappa shape index (κ2) is 15.5. The number of carbonyl (C=O) groups excluding carboxylic acids is 1. The third kappa shape index (κ3) is 8.78. The Morgan fingerprint density at radius 3 is 2.00 bits per heavy atom. The number of fused-ring (bicyclic) bond motifs is 1. The number of methoxy groups -OCH3 is 1. The van der Waals surface area contributed by atoms with Crippen molar-refractivity contribution in [3.05, 3.63) is 100 Å². The fraction of sp³-hybridized carbons (Fsp3) is 0.424. The molecule has 0 bridgehead atoms. The molecule has 0 saturated carbocycles. The number of halogens is 3. The normalized spacial score (nSPS) is 16.2. The lowest BCUT2D eigenvalue weighted by Gasteiger charge is -2.32. The zero-order valence-electron chi connectivity index (χ0n) is 23.3. The van der Waals surface area contributed by atoms with E-state index in [2.05, 4.69) is 34.1 Å². The lowest BCUT2D eigenvalue weighted by Crippen LogP contribution is -2.33. The fourth-order valence-corrected chi connectivity index (χ4v) is 5.85. The van der Waals surface area contributed by atoms with E-state index in [0.29, 0.717) is 12.3 Å². The number of piperidine rings is 1. The largest absolute Gasteiger partial charge is 0.497 e. The standard InChI is InChI=1S/C33H39FN2O2.2ClH/c1-38-32-11-4-27(5-12-32)24-35-18-14-25(15-19-35)6-13-33(37)30-8-7-28-16-20-36(21-17-29(28)22-30)23-26-2-9-31(34)10-3-26;;/h2-5,7-12,22,25H,6,13-21,23-24H2,1H3;2*1H. The van der Waals surface area contributed by atoms with Crippen molar-refractivity contribution in [1.82, 2.24) is 9.80 Å². The van der Waals surface area contributed by atoms with E-state index in [1.807, 2.05) is 30.3 Å². The highest BCUT2D eigenvalue weighted by molar-refractivity contribution is 5.96. The van der Waals surface area contributed by atoms with Crippen LogP contribution in [0.1, 0.15) is 58.3 Å². The van der Waals surface area contributed by atoms with Crippen molar-refractivity contribution in [3.63, 3.8) is 0 Å². The van der Waals surface area contributed by atoms with Crippen LogP contribution in [0.15, 0.2) is 66.7 Å². The number of rotatable bonds is 9. The van der Waals surface area contributed by atoms with Crippen LogP contribution >= 0.6 is 24.8 Å². The zero-order chi connectivity index (χ0) is 26.3. The molecule has 0 spiro atoms. The Balaban J connectivity index is 0.00000220. The van der Waals surface area contributed by atoms with Gasteiger partial charge in [0.25, 0.3) is 0 Å². The van der Waals surface area contributed by atoms with Crippen molar-refractivity contribution < 1.29 is 13.9 Å². The first kappa shape index (κ1) is 32.1. The molecule has 0 unspecified atom stereocenters. The number of likely N-dealkylation sites (tertiary alicyclic amines) is 1. The lowest BCUT2D eigenvalue weighted by atomic mass is 9.89. The molecule has 40 heavy (non-hydrogen) atoms. The first-order valence-electron chi connectivity index (χ1n) is 14.0. The fourth-order valence-electron chi connectivity index (χ4n) is 5.85. The van der Waals surface area contributed by atoms with E-state index >= 15 is 0 Å². The minimum absolute atomic E-state index is 0. The Kier molecular flexibility index (Phi) is 12.5. The number of hydrogen-bond acceptors (Lipinski definition) is 4. The van der Waals surface area contributed by atoms with Crippen molar-refractivity contribution in [2.75, 3.05) is 33.3 Å². The summed E-state index contributed by atoms with van der Waals surface area (Å²) in [6, 6.07) is 21.5. The van der Waals surface area contributed by atoms with E-state index in [9.17, 15) is 9.18 Å². The molecule has 0 radical (unpaired) electrons. The molecule has 0 atom stereocenters. The van der Waals surface area contributed by atoms with E-state index in [-0.39, 0.29) is 36.4 Å². The highest BCUT2D eigenvalue weighted by Gasteiger charge is 2.21. The molecule has 2 heterocycles. The van der Waals surface area contributed by atoms with Gasteiger partial charge in [0.2, 0.25) is 0 Å². The van der Waals surface area contributed by atoms with Crippen LogP contribution in [0.5, 0.6) is 5.75 Å². The van der Waals surface area contributed by atoms with Gasteiger partial charge < -0.3 is 4.74 Å². The minimum atomic E-state index is -0.190. The molecule has 0 amide bonds. The molecule has 2 aliphatic rings. The first-order valence-corrected chi connectivity index (χ1v) is 14.0. The monoisotopic (exact) mass is 586 g/mol. The van der Waals surface area contributed by atoms with Crippen molar-refractivity contribution in [3.8, 4) is 5.75 Å². The van der Waals surface area contributed by atoms with Gasteiger partial charge in [-0.3, -0.25) is 14.6 Å². The summed E-state index contributed by atoms with van der Waals surface area (Å²) in [5.41, 5.74) is 5.99. The summed E-state index contributed by atoms with van der Waals surface area (Å²) in [7, 11) is 1.70. The van der Waals surface area contributed by atoms with Gasteiger partial charge in [-0.25, -0.2) is 4.39 Å². The highest BCUT2D eigenvalue weighted by Crippen LogP contribution is 2.26. The third-order valence-corrected chi connectivity index (χ3v) is 8.29. The van der Waals surface area contributed by atoms with E-state index in [4.69, 9.17) is 4.74 Å². The first-order chi connectivity index (χ1) is 18.6. The second-order valence-electron chi connectivity index (χ2n) is 10.9. The predicted octanol–water partition coefficient (Wildman–Crippen LogP) is 7.15. The predicted molar refractivity (Wildman–Crippen MR) is 165 cm³/mol. The summed E-state index contributed by atoms with van der Waals surface area (Å²) >= 11 is 0. The molecule has 5 rings (SSSR count). The van der Waals surface area contributed by atoms with Crippen LogP contribution in [-0.2, 0) is 25.9 Å². The van der Waals surface area contributed by atoms with Crippen LogP contribution in [0, 0.1) is 11.7 Å². The average molecular weight is 588 g/mol. The highest BCUT2D eigenvalue weighted by atomic mass is 35.5. The van der Waals surface area contributed by atoms with Gasteiger partial charge in [0, 0.05) is 38.2 Å². The summed E-state index contributed by atoms with van der Waals surface area (Å²) in [4.78, 5) is 18.0. The van der Waals surface area contributed by atoms with Crippen molar-refractivity contribution in [2.45, 2.75) is 51.6 Å². The SMILES string of the molecule is COc1ccc(CN2CCC(CCC(=O)c3ccc4c(c3)CCN(Cc3ccc(F)cc3)CC4)CC2)cc1.Cl.Cl. The van der Waals surface area contributed by atoms with E-state index < -0.39 is 0 Å². The summed E-state index contributed by atoms with van der Waals surface area (Å²) in [5.74, 6) is 1.62. The maximum absolute atomic E-state index is 13.2. The average Bonchev–Trinajstić information content (AvgIpc) is 3.16. The second-order valence-corrected chi connectivity index (χ2v) is 10.9. The Hall–Kier alpha value is -2.44. The summed E-state index contributed by atoms with van der Waals surface area (Å²) < 4.78 is 18.5. The van der Waals surface area contributed by atoms with Crippen molar-refractivity contribution in [2.24, 2.45) is 5.92 Å². The Morgan fingerprint density at radius 2 is 1.38 bits per heavy atom. The Labute approximate surface area is 250 Å². The van der Waals surface area contributed by atoms with Crippen LogP contribution in [0.3, 0.4) is 0 Å². The van der Waals surface area contributed by atoms with Crippen molar-refractivity contribution in [1.29, 1.82) is 0 Å². The topological polar surface area (TPSA) is 32.8 Å². The molecule has 0 aliphatic carbocycles. The number of ether oxygens (including phenoxy) is 1. The van der Waals surface area contributed by atoms with Crippen LogP contribution in [0.4, 0.5) is 4.39 Å². The van der Waals surface area contributed by atoms with E-state index in [0.717, 1.165) is 88.2 Å². The number of benzene rings is 3. The third-order valence-electron chi connectivity index (χ3n) is 8.29. The molecule has 216 valence electrons. The van der Waals surface area contributed by atoms with Crippen LogP contribution in [0.25, 0.3) is 0 Å². The summed E-state index contributed by atoms with van der Waals surface area (Å²) in [6.45, 7) is 5.94. The molecule has 7 heteroatoms. The Bertz CT molecular complexity index is 1210.